The number of para-hydroxylation sites is 2. The SMILES string of the molecule is Cn1c(-c2cccc(N3CCC(=O)CC3I)c2)nc2ccccc21. The number of carbonyl (C=O) groups is 1. The molecule has 1 fully saturated rings. The summed E-state index contributed by atoms with van der Waals surface area (Å²) in [5, 5.41) is 0. The number of carbonyl (C=O) groups excluding carboxylic acids is 1. The first-order valence-electron chi connectivity index (χ1n) is 8.08. The van der Waals surface area contributed by atoms with Crippen LogP contribution in [-0.4, -0.2) is 25.9 Å². The van der Waals surface area contributed by atoms with Gasteiger partial charge in [-0.2, -0.15) is 0 Å². The molecule has 24 heavy (non-hydrogen) atoms. The molecule has 1 atom stereocenters. The van der Waals surface area contributed by atoms with Crippen LogP contribution in [0.1, 0.15) is 12.8 Å². The molecule has 4 nitrogen and oxygen atoms in total. The first-order chi connectivity index (χ1) is 11.6. The molecule has 0 bridgehead atoms. The lowest BCUT2D eigenvalue weighted by atomic mass is 10.1. The molecule has 4 rings (SSSR count). The number of ketones is 1. The van der Waals surface area contributed by atoms with Gasteiger partial charge in [0.25, 0.3) is 0 Å². The van der Waals surface area contributed by atoms with Crippen molar-refractivity contribution in [2.75, 3.05) is 11.4 Å². The number of halogens is 1. The average Bonchev–Trinajstić information content (AvgIpc) is 2.92. The number of anilines is 1. The second-order valence-electron chi connectivity index (χ2n) is 6.15. The van der Waals surface area contributed by atoms with Crippen molar-refractivity contribution < 1.29 is 4.79 Å². The largest absolute Gasteiger partial charge is 0.359 e. The molecule has 5 heteroatoms. The van der Waals surface area contributed by atoms with Gasteiger partial charge in [0, 0.05) is 37.7 Å². The topological polar surface area (TPSA) is 38.1 Å². The number of hydrogen-bond donors (Lipinski definition) is 0. The molecule has 1 unspecified atom stereocenters. The van der Waals surface area contributed by atoms with E-state index in [2.05, 4.69) is 69.4 Å². The molecule has 122 valence electrons. The van der Waals surface area contributed by atoms with Gasteiger partial charge in [-0.05, 0) is 24.3 Å². The highest BCUT2D eigenvalue weighted by Crippen LogP contribution is 2.31. The van der Waals surface area contributed by atoms with E-state index >= 15 is 0 Å². The van der Waals surface area contributed by atoms with Gasteiger partial charge in [-0.1, -0.05) is 46.9 Å². The summed E-state index contributed by atoms with van der Waals surface area (Å²) in [7, 11) is 2.05. The zero-order chi connectivity index (χ0) is 16.7. The second kappa shape index (κ2) is 6.20. The summed E-state index contributed by atoms with van der Waals surface area (Å²) in [6, 6.07) is 16.7. The minimum absolute atomic E-state index is 0.222. The Balaban J connectivity index is 1.74. The Bertz CT molecular complexity index is 918. The molecule has 1 aliphatic heterocycles. The van der Waals surface area contributed by atoms with E-state index in [0.29, 0.717) is 18.6 Å². The lowest BCUT2D eigenvalue weighted by Gasteiger charge is -2.33. The molecule has 0 radical (unpaired) electrons. The fraction of sp³-hybridized carbons (Fsp3) is 0.263. The molecule has 0 spiro atoms. The maximum atomic E-state index is 11.6. The Morgan fingerprint density at radius 1 is 1.17 bits per heavy atom. The molecule has 2 heterocycles. The molecule has 0 amide bonds. The molecule has 0 aliphatic carbocycles. The van der Waals surface area contributed by atoms with E-state index in [1.54, 1.807) is 0 Å². The minimum Gasteiger partial charge on any atom is -0.359 e. The van der Waals surface area contributed by atoms with Crippen molar-refractivity contribution in [1.29, 1.82) is 0 Å². The van der Waals surface area contributed by atoms with Crippen LogP contribution >= 0.6 is 22.6 Å². The van der Waals surface area contributed by atoms with Crippen LogP contribution in [-0.2, 0) is 11.8 Å². The van der Waals surface area contributed by atoms with Gasteiger partial charge < -0.3 is 9.47 Å². The van der Waals surface area contributed by atoms with E-state index < -0.39 is 0 Å². The van der Waals surface area contributed by atoms with Crippen LogP contribution in [0.5, 0.6) is 0 Å². The number of nitrogens with zero attached hydrogens (tertiary/aromatic N) is 3. The van der Waals surface area contributed by atoms with Crippen LogP contribution in [0, 0.1) is 0 Å². The highest BCUT2D eigenvalue weighted by Gasteiger charge is 2.25. The number of alkyl halides is 1. The molecule has 3 aromatic rings. The van der Waals surface area contributed by atoms with E-state index in [1.165, 1.54) is 0 Å². The van der Waals surface area contributed by atoms with Crippen LogP contribution in [0.2, 0.25) is 0 Å². The molecule has 0 saturated carbocycles. The van der Waals surface area contributed by atoms with Gasteiger partial charge >= 0.3 is 0 Å². The Hall–Kier alpha value is -1.89. The fourth-order valence-electron chi connectivity index (χ4n) is 3.30. The van der Waals surface area contributed by atoms with Gasteiger partial charge in [0.15, 0.2) is 0 Å². The summed E-state index contributed by atoms with van der Waals surface area (Å²) < 4.78 is 2.36. The zero-order valence-corrected chi connectivity index (χ0v) is 15.6. The maximum absolute atomic E-state index is 11.6. The number of Topliss-reactive ketones (excluding diaryl/α,β-unsaturated/α-hetero) is 1. The van der Waals surface area contributed by atoms with Crippen LogP contribution in [0.25, 0.3) is 22.4 Å². The first-order valence-corrected chi connectivity index (χ1v) is 9.32. The third kappa shape index (κ3) is 2.70. The first kappa shape index (κ1) is 15.6. The lowest BCUT2D eigenvalue weighted by Crippen LogP contribution is -2.39. The average molecular weight is 431 g/mol. The van der Waals surface area contributed by atoms with Gasteiger partial charge in [0.05, 0.1) is 15.1 Å². The van der Waals surface area contributed by atoms with Crippen LogP contribution in [0.15, 0.2) is 48.5 Å². The molecule has 0 N–H and O–H groups in total. The van der Waals surface area contributed by atoms with E-state index in [9.17, 15) is 4.79 Å². The third-order valence-electron chi connectivity index (χ3n) is 4.59. The normalized spacial score (nSPS) is 18.3. The van der Waals surface area contributed by atoms with Gasteiger partial charge in [0.2, 0.25) is 0 Å². The summed E-state index contributed by atoms with van der Waals surface area (Å²) in [6.07, 6.45) is 1.26. The molecule has 1 saturated heterocycles. The zero-order valence-electron chi connectivity index (χ0n) is 13.4. The maximum Gasteiger partial charge on any atom is 0.140 e. The second-order valence-corrected chi connectivity index (χ2v) is 7.59. The summed E-state index contributed by atoms with van der Waals surface area (Å²) in [4.78, 5) is 18.7. The highest BCUT2D eigenvalue weighted by atomic mass is 127. The predicted octanol–water partition coefficient (Wildman–Crippen LogP) is 4.17. The number of aromatic nitrogens is 2. The number of rotatable bonds is 2. The third-order valence-corrected chi connectivity index (χ3v) is 5.70. The van der Waals surface area contributed by atoms with Gasteiger partial charge in [-0.25, -0.2) is 4.98 Å². The fourth-order valence-corrected chi connectivity index (χ4v) is 4.39. The van der Waals surface area contributed by atoms with Crippen molar-refractivity contribution in [1.82, 2.24) is 9.55 Å². The van der Waals surface area contributed by atoms with Crippen molar-refractivity contribution >= 4 is 45.1 Å². The van der Waals surface area contributed by atoms with Gasteiger partial charge in [-0.15, -0.1) is 0 Å². The molecular formula is C19H18IN3O. The predicted molar refractivity (Wildman–Crippen MR) is 106 cm³/mol. The van der Waals surface area contributed by atoms with E-state index in [-0.39, 0.29) is 4.05 Å². The van der Waals surface area contributed by atoms with E-state index in [0.717, 1.165) is 34.7 Å². The van der Waals surface area contributed by atoms with Crippen molar-refractivity contribution in [2.24, 2.45) is 7.05 Å². The Kier molecular flexibility index (Phi) is 4.04. The van der Waals surface area contributed by atoms with Crippen molar-refractivity contribution in [3.8, 4) is 11.4 Å². The summed E-state index contributed by atoms with van der Waals surface area (Å²) in [5.41, 5.74) is 4.40. The summed E-state index contributed by atoms with van der Waals surface area (Å²) in [5.74, 6) is 1.33. The van der Waals surface area contributed by atoms with Gasteiger partial charge in [-0.3, -0.25) is 4.79 Å². The van der Waals surface area contributed by atoms with Crippen LogP contribution < -0.4 is 4.90 Å². The molecular weight excluding hydrogens is 413 g/mol. The van der Waals surface area contributed by atoms with E-state index in [4.69, 9.17) is 4.98 Å². The van der Waals surface area contributed by atoms with Crippen molar-refractivity contribution in [3.05, 3.63) is 48.5 Å². The number of fused-ring (bicyclic) bond motifs is 1. The summed E-state index contributed by atoms with van der Waals surface area (Å²) in [6.45, 7) is 0.790. The Morgan fingerprint density at radius 2 is 2.00 bits per heavy atom. The summed E-state index contributed by atoms with van der Waals surface area (Å²) >= 11 is 2.37. The highest BCUT2D eigenvalue weighted by molar-refractivity contribution is 14.1. The molecule has 1 aromatic heterocycles. The minimum atomic E-state index is 0.222. The number of hydrogen-bond acceptors (Lipinski definition) is 3. The van der Waals surface area contributed by atoms with Crippen LogP contribution in [0.3, 0.4) is 0 Å². The monoisotopic (exact) mass is 431 g/mol. The Morgan fingerprint density at radius 3 is 2.79 bits per heavy atom. The number of piperidine rings is 1. The number of aryl methyl sites for hydroxylation is 1. The lowest BCUT2D eigenvalue weighted by molar-refractivity contribution is -0.119. The van der Waals surface area contributed by atoms with Crippen molar-refractivity contribution in [3.63, 3.8) is 0 Å². The molecule has 1 aliphatic rings. The standard InChI is InChI=1S/C19H18IN3O/c1-22-17-8-3-2-7-16(17)21-19(22)13-5-4-6-14(11-13)23-10-9-15(24)12-18(23)20/h2-8,11,18H,9-10,12H2,1H3. The smallest absolute Gasteiger partial charge is 0.140 e. The van der Waals surface area contributed by atoms with Crippen LogP contribution in [0.4, 0.5) is 5.69 Å². The molecule has 2 aromatic carbocycles. The quantitative estimate of drug-likeness (QED) is 0.347. The van der Waals surface area contributed by atoms with Crippen molar-refractivity contribution in [2.45, 2.75) is 16.9 Å². The number of benzene rings is 2. The van der Waals surface area contributed by atoms with E-state index in [1.807, 2.05) is 18.2 Å². The number of imidazole rings is 1. The van der Waals surface area contributed by atoms with Gasteiger partial charge in [0.1, 0.15) is 11.6 Å². The Labute approximate surface area is 154 Å².